The minimum atomic E-state index is -0.897. The summed E-state index contributed by atoms with van der Waals surface area (Å²) in [6.07, 6.45) is 0. The zero-order valence-corrected chi connectivity index (χ0v) is 8.73. The van der Waals surface area contributed by atoms with Crippen molar-refractivity contribution >= 4 is 23.5 Å². The van der Waals surface area contributed by atoms with E-state index in [-0.39, 0.29) is 0 Å². The highest BCUT2D eigenvalue weighted by atomic mass is 16.5. The molecule has 1 aromatic carbocycles. The Morgan fingerprint density at radius 1 is 1.12 bits per heavy atom. The fourth-order valence-electron chi connectivity index (χ4n) is 1.93. The molecular formula is C11H8N2O4. The lowest BCUT2D eigenvalue weighted by atomic mass is 10.1. The summed E-state index contributed by atoms with van der Waals surface area (Å²) in [4.78, 5) is 34.8. The van der Waals surface area contributed by atoms with Crippen LogP contribution >= 0.6 is 0 Å². The first-order valence-electron chi connectivity index (χ1n) is 5.06. The molecule has 0 atom stereocenters. The van der Waals surface area contributed by atoms with Crippen molar-refractivity contribution in [1.29, 1.82) is 0 Å². The van der Waals surface area contributed by atoms with Gasteiger partial charge in [0.25, 0.3) is 0 Å². The van der Waals surface area contributed by atoms with Crippen LogP contribution in [0.3, 0.4) is 0 Å². The van der Waals surface area contributed by atoms with Crippen LogP contribution in [0.15, 0.2) is 18.2 Å². The predicted molar refractivity (Wildman–Crippen MR) is 56.0 cm³/mol. The number of fused-ring (bicyclic) bond motifs is 1. The van der Waals surface area contributed by atoms with E-state index in [0.717, 1.165) is 16.0 Å². The number of nitrogens with zero attached hydrogens (tertiary/aromatic N) is 1. The van der Waals surface area contributed by atoms with Gasteiger partial charge in [-0.1, -0.05) is 6.07 Å². The first kappa shape index (κ1) is 9.98. The smallest absolute Gasteiger partial charge is 0.336 e. The van der Waals surface area contributed by atoms with Crippen molar-refractivity contribution in [1.82, 2.24) is 5.32 Å². The number of anilines is 1. The van der Waals surface area contributed by atoms with E-state index in [1.54, 1.807) is 18.2 Å². The van der Waals surface area contributed by atoms with E-state index in [0.29, 0.717) is 18.9 Å². The van der Waals surface area contributed by atoms with Gasteiger partial charge in [0.05, 0.1) is 18.9 Å². The average molecular weight is 232 g/mol. The van der Waals surface area contributed by atoms with Crippen molar-refractivity contribution in [2.45, 2.75) is 13.2 Å². The molecule has 2 aliphatic heterocycles. The quantitative estimate of drug-likeness (QED) is 0.558. The second kappa shape index (κ2) is 3.39. The van der Waals surface area contributed by atoms with E-state index >= 15 is 0 Å². The van der Waals surface area contributed by atoms with Crippen molar-refractivity contribution in [2.75, 3.05) is 4.90 Å². The van der Waals surface area contributed by atoms with Gasteiger partial charge < -0.3 is 4.74 Å². The summed E-state index contributed by atoms with van der Waals surface area (Å²) in [5.74, 6) is -1.75. The minimum absolute atomic E-state index is 0.391. The maximum absolute atomic E-state index is 11.5. The van der Waals surface area contributed by atoms with Crippen LogP contribution in [0.1, 0.15) is 11.1 Å². The Morgan fingerprint density at radius 3 is 2.59 bits per heavy atom. The molecule has 86 valence electrons. The number of hydrogen-bond donors (Lipinski definition) is 1. The number of carbonyl (C=O) groups excluding carboxylic acids is 3. The number of carbonyl (C=O) groups is 3. The third kappa shape index (κ3) is 1.42. The highest BCUT2D eigenvalue weighted by Gasteiger charge is 2.38. The topological polar surface area (TPSA) is 75.7 Å². The largest absolute Gasteiger partial charge is 0.372 e. The molecule has 0 unspecified atom stereocenters. The van der Waals surface area contributed by atoms with Gasteiger partial charge in [-0.25, -0.2) is 9.69 Å². The Balaban J connectivity index is 2.02. The van der Waals surface area contributed by atoms with Gasteiger partial charge >= 0.3 is 17.8 Å². The van der Waals surface area contributed by atoms with Gasteiger partial charge in [-0.05, 0) is 23.3 Å². The lowest BCUT2D eigenvalue weighted by Gasteiger charge is -2.12. The normalized spacial score (nSPS) is 18.6. The Hall–Kier alpha value is -2.21. The van der Waals surface area contributed by atoms with Crippen LogP contribution in [0.5, 0.6) is 0 Å². The monoisotopic (exact) mass is 232 g/mol. The number of amides is 4. The van der Waals surface area contributed by atoms with Gasteiger partial charge in [0.2, 0.25) is 0 Å². The molecule has 0 saturated carbocycles. The molecule has 17 heavy (non-hydrogen) atoms. The fraction of sp³-hybridized carbons (Fsp3) is 0.182. The van der Waals surface area contributed by atoms with Crippen molar-refractivity contribution in [3.05, 3.63) is 29.3 Å². The number of ether oxygens (including phenoxy) is 1. The summed E-state index contributed by atoms with van der Waals surface area (Å²) in [6, 6.07) is 4.40. The molecule has 0 bridgehead atoms. The minimum Gasteiger partial charge on any atom is -0.372 e. The highest BCUT2D eigenvalue weighted by Crippen LogP contribution is 2.26. The molecule has 2 aliphatic rings. The van der Waals surface area contributed by atoms with Gasteiger partial charge in [0, 0.05) is 0 Å². The lowest BCUT2D eigenvalue weighted by molar-refractivity contribution is -0.134. The highest BCUT2D eigenvalue weighted by molar-refractivity contribution is 6.53. The third-order valence-electron chi connectivity index (χ3n) is 2.78. The Bertz CT molecular complexity index is 552. The molecule has 1 aromatic rings. The van der Waals surface area contributed by atoms with Crippen LogP contribution in [0, 0.1) is 0 Å². The SMILES string of the molecule is O=C1NC(=O)N(c2ccc3c(c2)COC3)C1=O. The first-order valence-corrected chi connectivity index (χ1v) is 5.06. The number of hydrogen-bond acceptors (Lipinski definition) is 4. The molecular weight excluding hydrogens is 224 g/mol. The van der Waals surface area contributed by atoms with E-state index in [1.807, 2.05) is 5.32 Å². The van der Waals surface area contributed by atoms with E-state index < -0.39 is 17.8 Å². The number of urea groups is 1. The third-order valence-corrected chi connectivity index (χ3v) is 2.78. The summed E-state index contributed by atoms with van der Waals surface area (Å²) in [5.41, 5.74) is 2.36. The van der Waals surface area contributed by atoms with E-state index in [9.17, 15) is 14.4 Å². The molecule has 6 heteroatoms. The first-order chi connectivity index (χ1) is 8.16. The van der Waals surface area contributed by atoms with Crippen LogP contribution < -0.4 is 10.2 Å². The van der Waals surface area contributed by atoms with E-state index in [2.05, 4.69) is 0 Å². The molecule has 0 radical (unpaired) electrons. The molecule has 0 aliphatic carbocycles. The standard InChI is InChI=1S/C11H8N2O4/c14-9-10(15)13(11(16)12-9)8-2-1-6-4-17-5-7(6)3-8/h1-3H,4-5H2,(H,12,14,16). The van der Waals surface area contributed by atoms with Crippen molar-refractivity contribution in [2.24, 2.45) is 0 Å². The van der Waals surface area contributed by atoms with Crippen LogP contribution in [-0.2, 0) is 27.5 Å². The van der Waals surface area contributed by atoms with Crippen LogP contribution in [0.25, 0.3) is 0 Å². The van der Waals surface area contributed by atoms with Crippen molar-refractivity contribution < 1.29 is 19.1 Å². The summed E-state index contributed by atoms with van der Waals surface area (Å²) in [5, 5.41) is 1.95. The average Bonchev–Trinajstić information content (AvgIpc) is 2.84. The van der Waals surface area contributed by atoms with Crippen molar-refractivity contribution in [3.8, 4) is 0 Å². The van der Waals surface area contributed by atoms with Gasteiger partial charge in [0.1, 0.15) is 0 Å². The van der Waals surface area contributed by atoms with Crippen molar-refractivity contribution in [3.63, 3.8) is 0 Å². The molecule has 6 nitrogen and oxygen atoms in total. The zero-order chi connectivity index (χ0) is 12.0. The van der Waals surface area contributed by atoms with Crippen LogP contribution in [0.4, 0.5) is 10.5 Å². The summed E-state index contributed by atoms with van der Waals surface area (Å²) in [6.45, 7) is 0.995. The van der Waals surface area contributed by atoms with Gasteiger partial charge in [-0.2, -0.15) is 0 Å². The molecule has 2 heterocycles. The summed E-state index contributed by atoms with van der Waals surface area (Å²) in [7, 11) is 0. The van der Waals surface area contributed by atoms with Crippen LogP contribution in [0.2, 0.25) is 0 Å². The fourth-order valence-corrected chi connectivity index (χ4v) is 1.93. The summed E-state index contributed by atoms with van der Waals surface area (Å²) < 4.78 is 5.24. The van der Waals surface area contributed by atoms with Crippen LogP contribution in [-0.4, -0.2) is 17.8 Å². The Kier molecular flexibility index (Phi) is 1.99. The summed E-state index contributed by atoms with van der Waals surface area (Å²) >= 11 is 0. The predicted octanol–water partition coefficient (Wildman–Crippen LogP) is 0.300. The number of imide groups is 2. The maximum atomic E-state index is 11.5. The number of rotatable bonds is 1. The van der Waals surface area contributed by atoms with E-state index in [4.69, 9.17) is 4.74 Å². The molecule has 1 saturated heterocycles. The Labute approximate surface area is 96.2 Å². The molecule has 3 rings (SSSR count). The molecule has 0 aromatic heterocycles. The van der Waals surface area contributed by atoms with Gasteiger partial charge in [-0.15, -0.1) is 0 Å². The second-order valence-electron chi connectivity index (χ2n) is 3.85. The molecule has 1 N–H and O–H groups in total. The lowest BCUT2D eigenvalue weighted by Crippen LogP contribution is -2.30. The van der Waals surface area contributed by atoms with E-state index in [1.165, 1.54) is 0 Å². The Morgan fingerprint density at radius 2 is 1.88 bits per heavy atom. The maximum Gasteiger partial charge on any atom is 0.336 e. The number of nitrogens with one attached hydrogen (secondary N) is 1. The molecule has 0 spiro atoms. The zero-order valence-electron chi connectivity index (χ0n) is 8.73. The molecule has 1 fully saturated rings. The van der Waals surface area contributed by atoms with Gasteiger partial charge in [-0.3, -0.25) is 14.9 Å². The van der Waals surface area contributed by atoms with Gasteiger partial charge in [0.15, 0.2) is 0 Å². The molecule has 4 amide bonds. The number of benzene rings is 1. The second-order valence-corrected chi connectivity index (χ2v) is 3.85.